The predicted octanol–water partition coefficient (Wildman–Crippen LogP) is 3.65. The Labute approximate surface area is 106 Å². The number of hydrogen-bond donors (Lipinski definition) is 1. The zero-order valence-corrected chi connectivity index (χ0v) is 11.2. The van der Waals surface area contributed by atoms with Crippen LogP contribution >= 0.6 is 0 Å². The highest BCUT2D eigenvalue weighted by atomic mass is 16.1. The molecule has 0 aromatic heterocycles. The van der Waals surface area contributed by atoms with Gasteiger partial charge < -0.3 is 5.32 Å². The average molecular weight is 237 g/mol. The van der Waals surface area contributed by atoms with Crippen LogP contribution in [0.3, 0.4) is 0 Å². The van der Waals surface area contributed by atoms with E-state index in [1.165, 1.54) is 64.2 Å². The van der Waals surface area contributed by atoms with Crippen LogP contribution < -0.4 is 5.32 Å². The van der Waals surface area contributed by atoms with Gasteiger partial charge in [-0.15, -0.1) is 0 Å². The van der Waals surface area contributed by atoms with Gasteiger partial charge in [-0.1, -0.05) is 44.9 Å². The molecule has 1 amide bonds. The van der Waals surface area contributed by atoms with Crippen LogP contribution in [-0.2, 0) is 4.79 Å². The van der Waals surface area contributed by atoms with Crippen molar-refractivity contribution in [3.63, 3.8) is 0 Å². The normalized spacial score (nSPS) is 31.1. The molecular formula is C15H27NO. The van der Waals surface area contributed by atoms with Gasteiger partial charge in [-0.2, -0.15) is 0 Å². The number of carbonyl (C=O) groups excluding carboxylic acids is 1. The van der Waals surface area contributed by atoms with E-state index in [9.17, 15) is 4.79 Å². The minimum atomic E-state index is 0.147. The summed E-state index contributed by atoms with van der Waals surface area (Å²) in [5, 5.41) is 3.11. The molecule has 2 fully saturated rings. The molecule has 98 valence electrons. The second-order valence-corrected chi connectivity index (χ2v) is 6.17. The Hall–Kier alpha value is -0.530. The van der Waals surface area contributed by atoms with E-state index in [-0.39, 0.29) is 5.91 Å². The standard InChI is InChI=1S/C15H27NO/c1-12(17)16-15-9-5-8-14(11-15)10-13-6-3-2-4-7-13/h13-15H,2-11H2,1H3,(H,16,17)/t14-,15-/m1/s1. The molecule has 0 aromatic carbocycles. The summed E-state index contributed by atoms with van der Waals surface area (Å²) in [6, 6.07) is 0.467. The van der Waals surface area contributed by atoms with Crippen molar-refractivity contribution in [1.82, 2.24) is 5.32 Å². The first kappa shape index (κ1) is 12.9. The Bertz CT molecular complexity index is 245. The molecule has 0 aromatic rings. The van der Waals surface area contributed by atoms with E-state index in [0.717, 1.165) is 11.8 Å². The summed E-state index contributed by atoms with van der Waals surface area (Å²) in [7, 11) is 0. The largest absolute Gasteiger partial charge is 0.354 e. The third-order valence-corrected chi connectivity index (χ3v) is 4.58. The molecule has 0 heterocycles. The lowest BCUT2D eigenvalue weighted by Crippen LogP contribution is -2.37. The molecule has 2 saturated carbocycles. The molecule has 2 rings (SSSR count). The summed E-state index contributed by atoms with van der Waals surface area (Å²) in [4.78, 5) is 11.1. The Kier molecular flexibility index (Phi) is 4.87. The molecule has 17 heavy (non-hydrogen) atoms. The van der Waals surface area contributed by atoms with E-state index in [1.54, 1.807) is 6.92 Å². The second kappa shape index (κ2) is 6.42. The highest BCUT2D eigenvalue weighted by Gasteiger charge is 2.25. The van der Waals surface area contributed by atoms with Crippen molar-refractivity contribution in [2.75, 3.05) is 0 Å². The Balaban J connectivity index is 1.74. The average Bonchev–Trinajstić information content (AvgIpc) is 2.30. The summed E-state index contributed by atoms with van der Waals surface area (Å²) < 4.78 is 0. The third-order valence-electron chi connectivity index (χ3n) is 4.58. The first-order chi connectivity index (χ1) is 8.24. The van der Waals surface area contributed by atoms with Crippen molar-refractivity contribution >= 4 is 5.91 Å². The van der Waals surface area contributed by atoms with E-state index >= 15 is 0 Å². The monoisotopic (exact) mass is 237 g/mol. The first-order valence-electron chi connectivity index (χ1n) is 7.51. The molecule has 2 aliphatic rings. The molecular weight excluding hydrogens is 210 g/mol. The second-order valence-electron chi connectivity index (χ2n) is 6.17. The van der Waals surface area contributed by atoms with Crippen molar-refractivity contribution in [3.8, 4) is 0 Å². The van der Waals surface area contributed by atoms with Crippen molar-refractivity contribution in [2.45, 2.75) is 77.2 Å². The van der Waals surface area contributed by atoms with Crippen molar-refractivity contribution in [1.29, 1.82) is 0 Å². The number of carbonyl (C=O) groups is 1. The van der Waals surface area contributed by atoms with Gasteiger partial charge in [-0.25, -0.2) is 0 Å². The molecule has 0 unspecified atom stereocenters. The fraction of sp³-hybridized carbons (Fsp3) is 0.933. The minimum absolute atomic E-state index is 0.147. The van der Waals surface area contributed by atoms with Crippen LogP contribution in [0.15, 0.2) is 0 Å². The van der Waals surface area contributed by atoms with Gasteiger partial charge in [-0.3, -0.25) is 4.79 Å². The van der Waals surface area contributed by atoms with Crippen molar-refractivity contribution in [3.05, 3.63) is 0 Å². The maximum absolute atomic E-state index is 11.1. The number of nitrogens with one attached hydrogen (secondary N) is 1. The van der Waals surface area contributed by atoms with Gasteiger partial charge in [0.25, 0.3) is 0 Å². The van der Waals surface area contributed by atoms with Crippen LogP contribution in [0.2, 0.25) is 0 Å². The zero-order valence-electron chi connectivity index (χ0n) is 11.2. The smallest absolute Gasteiger partial charge is 0.217 e. The topological polar surface area (TPSA) is 29.1 Å². The summed E-state index contributed by atoms with van der Waals surface area (Å²) in [5.74, 6) is 2.02. The van der Waals surface area contributed by atoms with Crippen molar-refractivity contribution in [2.24, 2.45) is 11.8 Å². The van der Waals surface area contributed by atoms with Gasteiger partial charge in [0.05, 0.1) is 0 Å². The number of hydrogen-bond acceptors (Lipinski definition) is 1. The maximum atomic E-state index is 11.1. The minimum Gasteiger partial charge on any atom is -0.354 e. The van der Waals surface area contributed by atoms with Crippen LogP contribution in [0.1, 0.15) is 71.1 Å². The summed E-state index contributed by atoms with van der Waals surface area (Å²) >= 11 is 0. The Morgan fingerprint density at radius 2 is 1.71 bits per heavy atom. The van der Waals surface area contributed by atoms with Gasteiger partial charge in [0, 0.05) is 13.0 Å². The van der Waals surface area contributed by atoms with Gasteiger partial charge >= 0.3 is 0 Å². The van der Waals surface area contributed by atoms with Gasteiger partial charge in [0.2, 0.25) is 5.91 Å². The third kappa shape index (κ3) is 4.33. The highest BCUT2D eigenvalue weighted by molar-refractivity contribution is 5.73. The fourth-order valence-electron chi connectivity index (χ4n) is 3.82. The van der Waals surface area contributed by atoms with E-state index < -0.39 is 0 Å². The van der Waals surface area contributed by atoms with Crippen molar-refractivity contribution < 1.29 is 4.79 Å². The molecule has 2 atom stereocenters. The number of amides is 1. The molecule has 2 aliphatic carbocycles. The highest BCUT2D eigenvalue weighted by Crippen LogP contribution is 2.35. The quantitative estimate of drug-likeness (QED) is 0.797. The lowest BCUT2D eigenvalue weighted by atomic mass is 9.76. The molecule has 0 radical (unpaired) electrons. The first-order valence-corrected chi connectivity index (χ1v) is 7.51. The van der Waals surface area contributed by atoms with E-state index in [2.05, 4.69) is 5.32 Å². The van der Waals surface area contributed by atoms with Crippen LogP contribution in [0.5, 0.6) is 0 Å². The van der Waals surface area contributed by atoms with Gasteiger partial charge in [-0.05, 0) is 31.1 Å². The van der Waals surface area contributed by atoms with E-state index in [1.807, 2.05) is 0 Å². The van der Waals surface area contributed by atoms with Gasteiger partial charge in [0.15, 0.2) is 0 Å². The molecule has 0 saturated heterocycles. The van der Waals surface area contributed by atoms with Crippen LogP contribution in [-0.4, -0.2) is 11.9 Å². The fourth-order valence-corrected chi connectivity index (χ4v) is 3.82. The zero-order chi connectivity index (χ0) is 12.1. The summed E-state index contributed by atoms with van der Waals surface area (Å²) in [6.45, 7) is 1.64. The molecule has 1 N–H and O–H groups in total. The summed E-state index contributed by atoms with van der Waals surface area (Å²) in [6.07, 6.45) is 13.8. The Morgan fingerprint density at radius 1 is 1.00 bits per heavy atom. The molecule has 0 aliphatic heterocycles. The molecule has 0 spiro atoms. The van der Waals surface area contributed by atoms with Gasteiger partial charge in [0.1, 0.15) is 0 Å². The molecule has 2 nitrogen and oxygen atoms in total. The maximum Gasteiger partial charge on any atom is 0.217 e. The van der Waals surface area contributed by atoms with E-state index in [0.29, 0.717) is 6.04 Å². The van der Waals surface area contributed by atoms with Crippen LogP contribution in [0.25, 0.3) is 0 Å². The SMILES string of the molecule is CC(=O)N[C@@H]1CCC[C@H](CC2CCCCC2)C1. The molecule has 2 heteroatoms. The van der Waals surface area contributed by atoms with E-state index in [4.69, 9.17) is 0 Å². The van der Waals surface area contributed by atoms with Crippen LogP contribution in [0.4, 0.5) is 0 Å². The number of rotatable bonds is 3. The lowest BCUT2D eigenvalue weighted by Gasteiger charge is -2.33. The lowest BCUT2D eigenvalue weighted by molar-refractivity contribution is -0.119. The Morgan fingerprint density at radius 3 is 2.41 bits per heavy atom. The molecule has 0 bridgehead atoms. The summed E-state index contributed by atoms with van der Waals surface area (Å²) in [5.41, 5.74) is 0. The van der Waals surface area contributed by atoms with Crippen LogP contribution in [0, 0.1) is 11.8 Å². The predicted molar refractivity (Wildman–Crippen MR) is 70.8 cm³/mol.